The van der Waals surface area contributed by atoms with E-state index < -0.39 is 17.8 Å². The molecule has 0 spiro atoms. The highest BCUT2D eigenvalue weighted by molar-refractivity contribution is 8.04. The van der Waals surface area contributed by atoms with Gasteiger partial charge in [-0.3, -0.25) is 9.59 Å². The molecule has 6 nitrogen and oxygen atoms in total. The number of amides is 2. The molecule has 0 bridgehead atoms. The van der Waals surface area contributed by atoms with Gasteiger partial charge in [-0.05, 0) is 69.2 Å². The number of imide groups is 1. The number of aryl methyl sites for hydroxylation is 3. The molecule has 1 aliphatic rings. The Morgan fingerprint density at radius 2 is 1.60 bits per heavy atom. The first-order chi connectivity index (χ1) is 16.8. The predicted octanol–water partition coefficient (Wildman–Crippen LogP) is 5.78. The Bertz CT molecular complexity index is 1350. The molecule has 1 heterocycles. The molecule has 0 saturated heterocycles. The number of thioether (sulfide) groups is 1. The largest absolute Gasteiger partial charge is 0.462 e. The summed E-state index contributed by atoms with van der Waals surface area (Å²) < 4.78 is 5.16. The Morgan fingerprint density at radius 3 is 2.31 bits per heavy atom. The fourth-order valence-corrected chi connectivity index (χ4v) is 4.64. The highest BCUT2D eigenvalue weighted by Crippen LogP contribution is 2.39. The van der Waals surface area contributed by atoms with E-state index in [9.17, 15) is 14.4 Å². The molecule has 0 radical (unpaired) electrons. The quantitative estimate of drug-likeness (QED) is 0.337. The first kappa shape index (κ1) is 24.3. The van der Waals surface area contributed by atoms with Crippen LogP contribution in [0.15, 0.2) is 82.2 Å². The van der Waals surface area contributed by atoms with Gasteiger partial charge in [-0.1, -0.05) is 53.7 Å². The van der Waals surface area contributed by atoms with Crippen LogP contribution < -0.4 is 10.2 Å². The van der Waals surface area contributed by atoms with E-state index in [0.717, 1.165) is 32.2 Å². The number of hydrogen-bond acceptors (Lipinski definition) is 6. The Kier molecular flexibility index (Phi) is 7.07. The monoisotopic (exact) mass is 486 g/mol. The van der Waals surface area contributed by atoms with E-state index in [0.29, 0.717) is 0 Å². The lowest BCUT2D eigenvalue weighted by atomic mass is 10.1. The Hall–Kier alpha value is -3.84. The Balaban J connectivity index is 1.80. The van der Waals surface area contributed by atoms with Crippen LogP contribution in [0.4, 0.5) is 11.4 Å². The average molecular weight is 487 g/mol. The van der Waals surface area contributed by atoms with Gasteiger partial charge in [0.15, 0.2) is 0 Å². The summed E-state index contributed by atoms with van der Waals surface area (Å²) in [7, 11) is 0. The summed E-state index contributed by atoms with van der Waals surface area (Å²) in [5.41, 5.74) is 4.32. The van der Waals surface area contributed by atoms with Crippen molar-refractivity contribution in [2.45, 2.75) is 32.6 Å². The SMILES string of the molecule is CCOC(=O)c1ccccc1N1C(=O)C(Nc2cc(C)ccc2C)=C(Sc2ccc(C)cc2)C1=O. The van der Waals surface area contributed by atoms with Crippen LogP contribution in [0, 0.1) is 20.8 Å². The van der Waals surface area contributed by atoms with Crippen molar-refractivity contribution in [1.29, 1.82) is 0 Å². The summed E-state index contributed by atoms with van der Waals surface area (Å²) in [5.74, 6) is -1.61. The van der Waals surface area contributed by atoms with Crippen LogP contribution in [0.2, 0.25) is 0 Å². The molecule has 0 aromatic heterocycles. The molecule has 0 atom stereocenters. The number of nitrogens with one attached hydrogen (secondary N) is 1. The molecule has 1 N–H and O–H groups in total. The minimum absolute atomic E-state index is 0.156. The van der Waals surface area contributed by atoms with Crippen LogP contribution in [0.1, 0.15) is 34.0 Å². The number of esters is 1. The molecule has 178 valence electrons. The zero-order chi connectivity index (χ0) is 25.1. The van der Waals surface area contributed by atoms with Gasteiger partial charge in [0.25, 0.3) is 11.8 Å². The number of anilines is 2. The number of carbonyl (C=O) groups is 3. The molecular weight excluding hydrogens is 460 g/mol. The van der Waals surface area contributed by atoms with Gasteiger partial charge in [0, 0.05) is 10.6 Å². The summed E-state index contributed by atoms with van der Waals surface area (Å²) in [6, 6.07) is 20.1. The molecule has 3 aromatic carbocycles. The number of rotatable bonds is 7. The maximum atomic E-state index is 13.7. The molecule has 7 heteroatoms. The van der Waals surface area contributed by atoms with Gasteiger partial charge in [0.05, 0.1) is 17.9 Å². The van der Waals surface area contributed by atoms with Gasteiger partial charge in [-0.25, -0.2) is 9.69 Å². The number of benzene rings is 3. The molecule has 35 heavy (non-hydrogen) atoms. The molecule has 4 rings (SSSR count). The van der Waals surface area contributed by atoms with E-state index in [-0.39, 0.29) is 28.5 Å². The standard InChI is InChI=1S/C28H26N2O4S/c1-5-34-28(33)21-8-6-7-9-23(21)30-26(31)24(29-22-16-18(3)10-13-19(22)4)25(27(30)32)35-20-14-11-17(2)12-15-20/h6-16,29H,5H2,1-4H3. The first-order valence-corrected chi connectivity index (χ1v) is 12.1. The minimum Gasteiger partial charge on any atom is -0.462 e. The van der Waals surface area contributed by atoms with Crippen molar-refractivity contribution in [3.8, 4) is 0 Å². The first-order valence-electron chi connectivity index (χ1n) is 11.3. The lowest BCUT2D eigenvalue weighted by molar-refractivity contribution is -0.120. The lowest BCUT2D eigenvalue weighted by Gasteiger charge is -2.18. The van der Waals surface area contributed by atoms with Gasteiger partial charge in [-0.2, -0.15) is 0 Å². The smallest absolute Gasteiger partial charge is 0.340 e. The van der Waals surface area contributed by atoms with E-state index in [2.05, 4.69) is 5.32 Å². The van der Waals surface area contributed by atoms with Crippen molar-refractivity contribution in [3.05, 3.63) is 99.6 Å². The van der Waals surface area contributed by atoms with Gasteiger partial charge in [-0.15, -0.1) is 0 Å². The highest BCUT2D eigenvalue weighted by Gasteiger charge is 2.41. The van der Waals surface area contributed by atoms with Crippen LogP contribution in [-0.2, 0) is 14.3 Å². The van der Waals surface area contributed by atoms with Crippen LogP contribution >= 0.6 is 11.8 Å². The van der Waals surface area contributed by atoms with E-state index >= 15 is 0 Å². The summed E-state index contributed by atoms with van der Waals surface area (Å²) >= 11 is 1.22. The third kappa shape index (κ3) is 5.00. The van der Waals surface area contributed by atoms with Crippen LogP contribution in [0.5, 0.6) is 0 Å². The van der Waals surface area contributed by atoms with Crippen LogP contribution in [0.3, 0.4) is 0 Å². The van der Waals surface area contributed by atoms with Crippen molar-refractivity contribution >= 4 is 40.9 Å². The number of ether oxygens (including phenoxy) is 1. The van der Waals surface area contributed by atoms with Gasteiger partial charge >= 0.3 is 5.97 Å². The van der Waals surface area contributed by atoms with Crippen LogP contribution in [0.25, 0.3) is 0 Å². The minimum atomic E-state index is -0.590. The zero-order valence-electron chi connectivity index (χ0n) is 20.0. The third-order valence-corrected chi connectivity index (χ3v) is 6.67. The topological polar surface area (TPSA) is 75.7 Å². The van der Waals surface area contributed by atoms with E-state index in [4.69, 9.17) is 4.74 Å². The van der Waals surface area contributed by atoms with Crippen molar-refractivity contribution in [3.63, 3.8) is 0 Å². The summed E-state index contributed by atoms with van der Waals surface area (Å²) in [4.78, 5) is 42.2. The Labute approximate surface area is 209 Å². The zero-order valence-corrected chi connectivity index (χ0v) is 20.9. The van der Waals surface area contributed by atoms with E-state index in [1.807, 2.05) is 63.2 Å². The Morgan fingerprint density at radius 1 is 0.914 bits per heavy atom. The van der Waals surface area contributed by atoms with Crippen molar-refractivity contribution in [2.75, 3.05) is 16.8 Å². The van der Waals surface area contributed by atoms with Crippen molar-refractivity contribution in [1.82, 2.24) is 0 Å². The predicted molar refractivity (Wildman–Crippen MR) is 138 cm³/mol. The van der Waals surface area contributed by atoms with Gasteiger partial charge in [0.1, 0.15) is 10.6 Å². The molecule has 2 amide bonds. The summed E-state index contributed by atoms with van der Waals surface area (Å²) in [6.07, 6.45) is 0. The molecule has 1 aliphatic heterocycles. The molecular formula is C28H26N2O4S. The molecule has 0 aliphatic carbocycles. The molecule has 0 unspecified atom stereocenters. The summed E-state index contributed by atoms with van der Waals surface area (Å²) in [6.45, 7) is 7.77. The number of hydrogen-bond donors (Lipinski definition) is 1. The molecule has 0 saturated carbocycles. The van der Waals surface area contributed by atoms with E-state index in [1.54, 1.807) is 31.2 Å². The van der Waals surface area contributed by atoms with Crippen molar-refractivity contribution < 1.29 is 19.1 Å². The van der Waals surface area contributed by atoms with Crippen LogP contribution in [-0.4, -0.2) is 24.4 Å². The van der Waals surface area contributed by atoms with Gasteiger partial charge < -0.3 is 10.1 Å². The number of nitrogens with zero attached hydrogens (tertiary/aromatic N) is 1. The maximum Gasteiger partial charge on any atom is 0.340 e. The maximum absolute atomic E-state index is 13.7. The fourth-order valence-electron chi connectivity index (χ4n) is 3.71. The van der Waals surface area contributed by atoms with Crippen molar-refractivity contribution in [2.24, 2.45) is 0 Å². The highest BCUT2D eigenvalue weighted by atomic mass is 32.2. The second kappa shape index (κ2) is 10.2. The number of para-hydroxylation sites is 1. The average Bonchev–Trinajstić information content (AvgIpc) is 3.06. The van der Waals surface area contributed by atoms with Gasteiger partial charge in [0.2, 0.25) is 0 Å². The second-order valence-corrected chi connectivity index (χ2v) is 9.33. The number of carbonyl (C=O) groups excluding carboxylic acids is 3. The summed E-state index contributed by atoms with van der Waals surface area (Å²) in [5, 5.41) is 3.22. The lowest BCUT2D eigenvalue weighted by Crippen LogP contribution is -2.33. The van der Waals surface area contributed by atoms with E-state index in [1.165, 1.54) is 11.8 Å². The second-order valence-electron chi connectivity index (χ2n) is 8.25. The molecule has 0 fully saturated rings. The fraction of sp³-hybridized carbons (Fsp3) is 0.179. The normalized spacial score (nSPS) is 13.4. The third-order valence-electron chi connectivity index (χ3n) is 5.58. The molecule has 3 aromatic rings.